The third kappa shape index (κ3) is 3.63. The van der Waals surface area contributed by atoms with E-state index in [0.29, 0.717) is 17.4 Å². The molecule has 1 heterocycles. The van der Waals surface area contributed by atoms with Crippen molar-refractivity contribution in [2.45, 2.75) is 20.0 Å². The molecule has 0 radical (unpaired) electrons. The van der Waals surface area contributed by atoms with Crippen LogP contribution in [0, 0.1) is 6.92 Å². The largest absolute Gasteiger partial charge is 0.479 e. The third-order valence-electron chi connectivity index (χ3n) is 3.53. The molecule has 0 spiro atoms. The van der Waals surface area contributed by atoms with Gasteiger partial charge < -0.3 is 14.6 Å². The van der Waals surface area contributed by atoms with E-state index < -0.39 is 12.1 Å². The van der Waals surface area contributed by atoms with Crippen LogP contribution in [0.5, 0.6) is 17.4 Å². The van der Waals surface area contributed by atoms with Crippen LogP contribution in [0.15, 0.2) is 54.6 Å². The fourth-order valence-corrected chi connectivity index (χ4v) is 2.23. The summed E-state index contributed by atoms with van der Waals surface area (Å²) in [4.78, 5) is 15.3. The van der Waals surface area contributed by atoms with Crippen LogP contribution in [0.3, 0.4) is 0 Å². The zero-order valence-electron chi connectivity index (χ0n) is 13.4. The second-order valence-corrected chi connectivity index (χ2v) is 5.52. The normalized spacial score (nSPS) is 11.9. The highest BCUT2D eigenvalue weighted by molar-refractivity contribution is 5.79. The van der Waals surface area contributed by atoms with Crippen LogP contribution in [-0.4, -0.2) is 22.2 Å². The molecular weight excluding hydrogens is 306 g/mol. The first-order valence-corrected chi connectivity index (χ1v) is 7.56. The molecular formula is C19H17NO4. The molecule has 1 aromatic heterocycles. The zero-order valence-corrected chi connectivity index (χ0v) is 13.4. The van der Waals surface area contributed by atoms with E-state index in [4.69, 9.17) is 14.6 Å². The van der Waals surface area contributed by atoms with E-state index in [2.05, 4.69) is 4.98 Å². The molecule has 0 aliphatic carbocycles. The maximum absolute atomic E-state index is 10.8. The number of hydrogen-bond donors (Lipinski definition) is 1. The van der Waals surface area contributed by atoms with Crippen LogP contribution in [-0.2, 0) is 4.79 Å². The Balaban J connectivity index is 1.75. The molecule has 0 saturated carbocycles. The van der Waals surface area contributed by atoms with Crippen LogP contribution in [0.2, 0.25) is 0 Å². The Bertz CT molecular complexity index is 874. The minimum absolute atomic E-state index is 0.472. The van der Waals surface area contributed by atoms with Crippen molar-refractivity contribution in [2.75, 3.05) is 0 Å². The molecule has 2 aromatic carbocycles. The summed E-state index contributed by atoms with van der Waals surface area (Å²) in [5, 5.41) is 9.90. The van der Waals surface area contributed by atoms with Gasteiger partial charge >= 0.3 is 5.97 Å². The summed E-state index contributed by atoms with van der Waals surface area (Å²) < 4.78 is 11.0. The third-order valence-corrected chi connectivity index (χ3v) is 3.53. The number of hydrogen-bond acceptors (Lipinski definition) is 4. The second kappa shape index (κ2) is 6.58. The van der Waals surface area contributed by atoms with E-state index in [1.165, 1.54) is 6.92 Å². The standard InChI is InChI=1S/C19H17NO4/c1-12-3-4-14-5-10-18(20-17(14)11-12)24-16-8-6-15(7-9-16)23-13(2)19(21)22/h3-11,13H,1-2H3,(H,21,22). The number of fused-ring (bicyclic) bond motifs is 1. The van der Waals surface area contributed by atoms with Gasteiger partial charge in [-0.15, -0.1) is 0 Å². The number of rotatable bonds is 5. The van der Waals surface area contributed by atoms with Crippen molar-refractivity contribution in [2.24, 2.45) is 0 Å². The predicted octanol–water partition coefficient (Wildman–Crippen LogP) is 4.19. The molecule has 1 N–H and O–H groups in total. The van der Waals surface area contributed by atoms with E-state index in [1.807, 2.05) is 37.3 Å². The van der Waals surface area contributed by atoms with Gasteiger partial charge in [0.05, 0.1) is 5.52 Å². The van der Waals surface area contributed by atoms with Crippen molar-refractivity contribution in [3.8, 4) is 17.4 Å². The number of ether oxygens (including phenoxy) is 2. The molecule has 1 atom stereocenters. The van der Waals surface area contributed by atoms with E-state index in [0.717, 1.165) is 16.5 Å². The Morgan fingerprint density at radius 2 is 1.71 bits per heavy atom. The quantitative estimate of drug-likeness (QED) is 0.762. The maximum atomic E-state index is 10.8. The first kappa shape index (κ1) is 15.8. The molecule has 0 saturated heterocycles. The Kier molecular flexibility index (Phi) is 4.33. The summed E-state index contributed by atoms with van der Waals surface area (Å²) in [5.74, 6) is 0.566. The average molecular weight is 323 g/mol. The van der Waals surface area contributed by atoms with Crippen molar-refractivity contribution >= 4 is 16.9 Å². The van der Waals surface area contributed by atoms with Gasteiger partial charge in [0.15, 0.2) is 6.10 Å². The Hall–Kier alpha value is -3.08. The van der Waals surface area contributed by atoms with Crippen LogP contribution in [0.1, 0.15) is 12.5 Å². The van der Waals surface area contributed by atoms with Crippen LogP contribution < -0.4 is 9.47 Å². The molecule has 0 aliphatic rings. The highest BCUT2D eigenvalue weighted by atomic mass is 16.5. The van der Waals surface area contributed by atoms with Gasteiger partial charge in [0, 0.05) is 11.5 Å². The summed E-state index contributed by atoms with van der Waals surface area (Å²) in [5.41, 5.74) is 2.02. The van der Waals surface area contributed by atoms with Crippen molar-refractivity contribution in [1.82, 2.24) is 4.98 Å². The fraction of sp³-hybridized carbons (Fsp3) is 0.158. The molecule has 3 aromatic rings. The lowest BCUT2D eigenvalue weighted by atomic mass is 10.1. The van der Waals surface area contributed by atoms with E-state index >= 15 is 0 Å². The summed E-state index contributed by atoms with van der Waals surface area (Å²) in [7, 11) is 0. The Morgan fingerprint density at radius 3 is 2.42 bits per heavy atom. The highest BCUT2D eigenvalue weighted by Gasteiger charge is 2.12. The Labute approximate surface area is 139 Å². The fourth-order valence-electron chi connectivity index (χ4n) is 2.23. The molecule has 0 aliphatic heterocycles. The summed E-state index contributed by atoms with van der Waals surface area (Å²) in [6, 6.07) is 16.6. The summed E-state index contributed by atoms with van der Waals surface area (Å²) in [6.07, 6.45) is -0.901. The van der Waals surface area contributed by atoms with Crippen molar-refractivity contribution in [1.29, 1.82) is 0 Å². The molecule has 5 nitrogen and oxygen atoms in total. The van der Waals surface area contributed by atoms with Crippen molar-refractivity contribution in [3.05, 3.63) is 60.2 Å². The summed E-state index contributed by atoms with van der Waals surface area (Å²) >= 11 is 0. The number of nitrogens with zero attached hydrogens (tertiary/aromatic N) is 1. The van der Waals surface area contributed by atoms with Gasteiger partial charge in [0.1, 0.15) is 11.5 Å². The van der Waals surface area contributed by atoms with Gasteiger partial charge in [0.2, 0.25) is 5.88 Å². The first-order valence-electron chi connectivity index (χ1n) is 7.56. The topological polar surface area (TPSA) is 68.7 Å². The van der Waals surface area contributed by atoms with E-state index in [-0.39, 0.29) is 0 Å². The number of aromatic nitrogens is 1. The molecule has 24 heavy (non-hydrogen) atoms. The van der Waals surface area contributed by atoms with Crippen LogP contribution in [0.25, 0.3) is 10.9 Å². The van der Waals surface area contributed by atoms with Crippen LogP contribution in [0.4, 0.5) is 0 Å². The van der Waals surface area contributed by atoms with Gasteiger partial charge in [-0.1, -0.05) is 12.1 Å². The number of carbonyl (C=O) groups is 1. The SMILES string of the molecule is Cc1ccc2ccc(Oc3ccc(OC(C)C(=O)O)cc3)nc2c1. The molecule has 0 amide bonds. The average Bonchev–Trinajstić information content (AvgIpc) is 2.56. The first-order chi connectivity index (χ1) is 11.5. The monoisotopic (exact) mass is 323 g/mol. The number of carboxylic acid groups (broad SMARTS) is 1. The van der Waals surface area contributed by atoms with Crippen LogP contribution >= 0.6 is 0 Å². The number of aliphatic carboxylic acids is 1. The minimum atomic E-state index is -1.01. The number of aryl methyl sites for hydroxylation is 1. The smallest absolute Gasteiger partial charge is 0.344 e. The molecule has 1 unspecified atom stereocenters. The second-order valence-electron chi connectivity index (χ2n) is 5.52. The highest BCUT2D eigenvalue weighted by Crippen LogP contribution is 2.25. The number of pyridine rings is 1. The van der Waals surface area contributed by atoms with Crippen molar-refractivity contribution < 1.29 is 19.4 Å². The molecule has 0 fully saturated rings. The van der Waals surface area contributed by atoms with Gasteiger partial charge in [-0.2, -0.15) is 0 Å². The van der Waals surface area contributed by atoms with Gasteiger partial charge in [-0.25, -0.2) is 9.78 Å². The Morgan fingerprint density at radius 1 is 1.04 bits per heavy atom. The summed E-state index contributed by atoms with van der Waals surface area (Å²) in [6.45, 7) is 3.50. The van der Waals surface area contributed by atoms with E-state index in [9.17, 15) is 4.79 Å². The molecule has 5 heteroatoms. The number of carboxylic acids is 1. The maximum Gasteiger partial charge on any atom is 0.344 e. The molecule has 3 rings (SSSR count). The van der Waals surface area contributed by atoms with Gasteiger partial charge in [0.25, 0.3) is 0 Å². The molecule has 0 bridgehead atoms. The van der Waals surface area contributed by atoms with Gasteiger partial charge in [-0.05, 0) is 55.8 Å². The molecule has 122 valence electrons. The minimum Gasteiger partial charge on any atom is -0.479 e. The lowest BCUT2D eigenvalue weighted by Crippen LogP contribution is -2.22. The van der Waals surface area contributed by atoms with E-state index in [1.54, 1.807) is 24.3 Å². The lowest BCUT2D eigenvalue weighted by Gasteiger charge is -2.11. The lowest BCUT2D eigenvalue weighted by molar-refractivity contribution is -0.144. The van der Waals surface area contributed by atoms with Crippen molar-refractivity contribution in [3.63, 3.8) is 0 Å². The number of benzene rings is 2. The van der Waals surface area contributed by atoms with Gasteiger partial charge in [-0.3, -0.25) is 0 Å². The predicted molar refractivity (Wildman–Crippen MR) is 90.7 cm³/mol. The zero-order chi connectivity index (χ0) is 17.1.